The van der Waals surface area contributed by atoms with Crippen molar-refractivity contribution in [1.29, 1.82) is 0 Å². The third-order valence-electron chi connectivity index (χ3n) is 2.58. The van der Waals surface area contributed by atoms with Crippen molar-refractivity contribution in [3.63, 3.8) is 0 Å². The van der Waals surface area contributed by atoms with Crippen LogP contribution in [0.25, 0.3) is 0 Å². The number of carboxylic acids is 2. The molecule has 0 fully saturated rings. The second-order valence-corrected chi connectivity index (χ2v) is 4.17. The van der Waals surface area contributed by atoms with Gasteiger partial charge < -0.3 is 37.4 Å². The molecule has 7 nitrogen and oxygen atoms in total. The minimum atomic E-state index is -1.39. The summed E-state index contributed by atoms with van der Waals surface area (Å²) < 4.78 is 0. The molecule has 1 atom stereocenters. The number of unbranched alkanes of at least 4 members (excludes halogenated alkanes) is 5. The fourth-order valence-corrected chi connectivity index (χ4v) is 1.59. The van der Waals surface area contributed by atoms with Crippen LogP contribution in [-0.2, 0) is 9.59 Å². The Hall–Kier alpha value is -1.18. The molecule has 0 amide bonds. The maximum Gasteiger partial charge on any atom is 0.0588 e. The molecule has 7 heteroatoms. The van der Waals surface area contributed by atoms with Gasteiger partial charge in [-0.2, -0.15) is 0 Å². The number of quaternary nitrogens is 2. The monoisotopic (exact) mass is 279 g/mol. The molecule has 19 heavy (non-hydrogen) atoms. The molecule has 0 spiro atoms. The van der Waals surface area contributed by atoms with Crippen molar-refractivity contribution >= 4 is 11.9 Å². The molecular formula is C12H29N3O4. The lowest BCUT2D eigenvalue weighted by molar-refractivity contribution is -0.317. The van der Waals surface area contributed by atoms with Crippen LogP contribution in [0.2, 0.25) is 0 Å². The van der Waals surface area contributed by atoms with Gasteiger partial charge in [-0.3, -0.25) is 0 Å². The number of carbonyl (C=O) groups is 2. The number of hydrogen-bond acceptors (Lipinski definition) is 5. The standard InChI is InChI=1S/C12H23NO4.2H3N/c1-2-3-4-5-6-7-8-13-10(12(16)17)9-11(14)15;;/h10,13H,2-9H2,1H3,(H,14,15)(H,16,17);2*1H3/t10-;;/m0../s1. The van der Waals surface area contributed by atoms with E-state index in [1.807, 2.05) is 0 Å². The van der Waals surface area contributed by atoms with Crippen molar-refractivity contribution in [3.05, 3.63) is 0 Å². The maximum atomic E-state index is 10.6. The Bertz CT molecular complexity index is 237. The fourth-order valence-electron chi connectivity index (χ4n) is 1.59. The van der Waals surface area contributed by atoms with Crippen LogP contribution < -0.4 is 27.8 Å². The lowest BCUT2D eigenvalue weighted by Crippen LogP contribution is -2.48. The zero-order valence-corrected chi connectivity index (χ0v) is 12.4. The first-order valence-corrected chi connectivity index (χ1v) is 6.22. The molecule has 0 aromatic heterocycles. The minimum absolute atomic E-state index is 0. The first-order valence-electron chi connectivity index (χ1n) is 6.22. The topological polar surface area (TPSA) is 165 Å². The van der Waals surface area contributed by atoms with E-state index in [0.717, 1.165) is 19.3 Å². The molecule has 9 N–H and O–H groups in total. The van der Waals surface area contributed by atoms with Crippen molar-refractivity contribution in [2.24, 2.45) is 0 Å². The molecule has 116 valence electrons. The number of carbonyl (C=O) groups excluding carboxylic acids is 2. The van der Waals surface area contributed by atoms with Crippen LogP contribution in [0, 0.1) is 0 Å². The number of hydrogen-bond donors (Lipinski definition) is 3. The normalized spacial score (nSPS) is 11.0. The van der Waals surface area contributed by atoms with Crippen LogP contribution >= 0.6 is 0 Å². The summed E-state index contributed by atoms with van der Waals surface area (Å²) in [5.74, 6) is -2.77. The fraction of sp³-hybridized carbons (Fsp3) is 0.833. The van der Waals surface area contributed by atoms with Gasteiger partial charge in [0.1, 0.15) is 0 Å². The number of rotatable bonds is 11. The lowest BCUT2D eigenvalue weighted by Gasteiger charge is -2.19. The van der Waals surface area contributed by atoms with Gasteiger partial charge in [-0.25, -0.2) is 0 Å². The molecule has 0 unspecified atom stereocenters. The number of aliphatic carboxylic acids is 2. The Balaban J connectivity index is -0.00000128. The van der Waals surface area contributed by atoms with Gasteiger partial charge >= 0.3 is 0 Å². The number of carboxylic acid groups (broad SMARTS) is 2. The van der Waals surface area contributed by atoms with Crippen molar-refractivity contribution in [3.8, 4) is 0 Å². The SMILES string of the molecule is CCCCCCCCN[C@@H](CC(=O)[O-])C(=O)[O-].[NH4+].[NH4+]. The van der Waals surface area contributed by atoms with Crippen LogP contribution in [-0.4, -0.2) is 24.5 Å². The third-order valence-corrected chi connectivity index (χ3v) is 2.58. The molecule has 0 aromatic rings. The van der Waals surface area contributed by atoms with E-state index >= 15 is 0 Å². The molecule has 0 aliphatic heterocycles. The van der Waals surface area contributed by atoms with E-state index in [1.165, 1.54) is 19.3 Å². The average molecular weight is 279 g/mol. The van der Waals surface area contributed by atoms with Crippen molar-refractivity contribution in [2.45, 2.75) is 57.9 Å². The molecule has 0 heterocycles. The highest BCUT2D eigenvalue weighted by Gasteiger charge is 2.08. The molecule has 0 bridgehead atoms. The predicted octanol–water partition coefficient (Wildman–Crippen LogP) is -0.0526. The minimum Gasteiger partial charge on any atom is -0.550 e. The van der Waals surface area contributed by atoms with Crippen molar-refractivity contribution < 1.29 is 19.8 Å². The summed E-state index contributed by atoms with van der Waals surface area (Å²) in [6.07, 6.45) is 6.07. The Morgan fingerprint density at radius 3 is 2.00 bits per heavy atom. The van der Waals surface area contributed by atoms with Gasteiger partial charge in [-0.05, 0) is 13.0 Å². The Morgan fingerprint density at radius 1 is 1.00 bits per heavy atom. The second kappa shape index (κ2) is 14.9. The maximum absolute atomic E-state index is 10.6. The van der Waals surface area contributed by atoms with Gasteiger partial charge in [-0.1, -0.05) is 39.0 Å². The second-order valence-electron chi connectivity index (χ2n) is 4.17. The van der Waals surface area contributed by atoms with Gasteiger partial charge in [0.05, 0.1) is 12.0 Å². The molecule has 0 rings (SSSR count). The molecule has 0 aliphatic rings. The molecule has 0 aromatic carbocycles. The quantitative estimate of drug-likeness (QED) is 0.450. The molecule has 0 radical (unpaired) electrons. The molecule has 0 saturated heterocycles. The van der Waals surface area contributed by atoms with Gasteiger partial charge in [0, 0.05) is 12.4 Å². The highest BCUT2D eigenvalue weighted by atomic mass is 16.4. The smallest absolute Gasteiger partial charge is 0.0588 e. The van der Waals surface area contributed by atoms with Crippen LogP contribution in [0.1, 0.15) is 51.9 Å². The Kier molecular flexibility index (Phi) is 18.0. The number of nitrogens with one attached hydrogen (secondary N) is 1. The lowest BCUT2D eigenvalue weighted by atomic mass is 10.1. The highest BCUT2D eigenvalue weighted by molar-refractivity contribution is 5.78. The summed E-state index contributed by atoms with van der Waals surface area (Å²) in [4.78, 5) is 20.9. The first-order chi connectivity index (χ1) is 8.07. The van der Waals surface area contributed by atoms with E-state index in [-0.39, 0.29) is 12.3 Å². The largest absolute Gasteiger partial charge is 0.550 e. The van der Waals surface area contributed by atoms with Crippen LogP contribution in [0.4, 0.5) is 0 Å². The zero-order chi connectivity index (χ0) is 13.1. The van der Waals surface area contributed by atoms with Crippen molar-refractivity contribution in [2.75, 3.05) is 6.54 Å². The Labute approximate surface area is 114 Å². The van der Waals surface area contributed by atoms with Crippen LogP contribution in [0.15, 0.2) is 0 Å². The summed E-state index contributed by atoms with van der Waals surface area (Å²) >= 11 is 0. The summed E-state index contributed by atoms with van der Waals surface area (Å²) in [7, 11) is 0. The zero-order valence-electron chi connectivity index (χ0n) is 12.4. The summed E-state index contributed by atoms with van der Waals surface area (Å²) in [5.41, 5.74) is 0. The summed E-state index contributed by atoms with van der Waals surface area (Å²) in [5, 5.41) is 23.5. The highest BCUT2D eigenvalue weighted by Crippen LogP contribution is 2.04. The molecule has 0 aliphatic carbocycles. The van der Waals surface area contributed by atoms with Gasteiger partial charge in [-0.15, -0.1) is 0 Å². The van der Waals surface area contributed by atoms with Crippen LogP contribution in [0.5, 0.6) is 0 Å². The van der Waals surface area contributed by atoms with Gasteiger partial charge in [0.25, 0.3) is 0 Å². The van der Waals surface area contributed by atoms with Gasteiger partial charge in [0.2, 0.25) is 0 Å². The van der Waals surface area contributed by atoms with Crippen molar-refractivity contribution in [1.82, 2.24) is 17.6 Å². The van der Waals surface area contributed by atoms with Gasteiger partial charge in [0.15, 0.2) is 0 Å². The summed E-state index contributed by atoms with van der Waals surface area (Å²) in [6.45, 7) is 2.64. The van der Waals surface area contributed by atoms with E-state index in [1.54, 1.807) is 0 Å². The molecular weight excluding hydrogens is 250 g/mol. The van der Waals surface area contributed by atoms with E-state index in [9.17, 15) is 19.8 Å². The average Bonchev–Trinajstić information content (AvgIpc) is 2.25. The van der Waals surface area contributed by atoms with E-state index in [4.69, 9.17) is 0 Å². The summed E-state index contributed by atoms with van der Waals surface area (Å²) in [6, 6.07) is -1.14. The molecule has 0 saturated carbocycles. The van der Waals surface area contributed by atoms with E-state index < -0.39 is 24.4 Å². The van der Waals surface area contributed by atoms with E-state index in [0.29, 0.717) is 6.54 Å². The first kappa shape index (κ1) is 23.0. The predicted molar refractivity (Wildman–Crippen MR) is 71.8 cm³/mol. The Morgan fingerprint density at radius 2 is 1.53 bits per heavy atom. The third kappa shape index (κ3) is 14.8. The van der Waals surface area contributed by atoms with E-state index in [2.05, 4.69) is 12.2 Å². The van der Waals surface area contributed by atoms with Crippen LogP contribution in [0.3, 0.4) is 0 Å².